The molecule has 2 heterocycles. The number of hydrogen-bond acceptors (Lipinski definition) is 4. The molecule has 1 atom stereocenters. The van der Waals surface area contributed by atoms with E-state index in [2.05, 4.69) is 21.8 Å². The van der Waals surface area contributed by atoms with Gasteiger partial charge >= 0.3 is 0 Å². The van der Waals surface area contributed by atoms with Gasteiger partial charge in [0.25, 0.3) is 0 Å². The van der Waals surface area contributed by atoms with E-state index in [1.807, 2.05) is 0 Å². The quantitative estimate of drug-likeness (QED) is 0.629. The fourth-order valence-corrected chi connectivity index (χ4v) is 1.35. The number of nitrogens with zero attached hydrogens (tertiary/aromatic N) is 3. The Balaban J connectivity index is 2.17. The Kier molecular flexibility index (Phi) is 1.96. The SMILES string of the molecule is CC1CCN1c1ncc(C=O)cn1. The molecular weight excluding hydrogens is 166 g/mol. The smallest absolute Gasteiger partial charge is 0.225 e. The minimum absolute atomic E-state index is 0.525. The van der Waals surface area contributed by atoms with Gasteiger partial charge in [0.2, 0.25) is 5.95 Å². The van der Waals surface area contributed by atoms with Gasteiger partial charge in [-0.15, -0.1) is 0 Å². The van der Waals surface area contributed by atoms with Gasteiger partial charge in [-0.1, -0.05) is 0 Å². The second kappa shape index (κ2) is 3.12. The van der Waals surface area contributed by atoms with E-state index in [-0.39, 0.29) is 0 Å². The number of aromatic nitrogens is 2. The van der Waals surface area contributed by atoms with Crippen molar-refractivity contribution in [2.24, 2.45) is 0 Å². The summed E-state index contributed by atoms with van der Waals surface area (Å²) in [6.45, 7) is 3.15. The number of rotatable bonds is 2. The fourth-order valence-electron chi connectivity index (χ4n) is 1.35. The Morgan fingerprint density at radius 3 is 2.62 bits per heavy atom. The molecule has 0 amide bonds. The summed E-state index contributed by atoms with van der Waals surface area (Å²) < 4.78 is 0. The van der Waals surface area contributed by atoms with Crippen LogP contribution in [-0.2, 0) is 0 Å². The first-order valence-corrected chi connectivity index (χ1v) is 4.35. The van der Waals surface area contributed by atoms with Crippen LogP contribution in [-0.4, -0.2) is 28.8 Å². The molecule has 2 rings (SSSR count). The van der Waals surface area contributed by atoms with Crippen LogP contribution in [0, 0.1) is 0 Å². The first kappa shape index (κ1) is 8.16. The molecule has 0 bridgehead atoms. The maximum Gasteiger partial charge on any atom is 0.225 e. The maximum atomic E-state index is 10.3. The summed E-state index contributed by atoms with van der Waals surface area (Å²) in [6.07, 6.45) is 5.06. The van der Waals surface area contributed by atoms with E-state index in [4.69, 9.17) is 0 Å². The summed E-state index contributed by atoms with van der Waals surface area (Å²) in [6, 6.07) is 0.530. The predicted molar refractivity (Wildman–Crippen MR) is 48.8 cm³/mol. The lowest BCUT2D eigenvalue weighted by atomic mass is 10.1. The number of carbonyl (C=O) groups excluding carboxylic acids is 1. The highest BCUT2D eigenvalue weighted by Gasteiger charge is 2.25. The van der Waals surface area contributed by atoms with Gasteiger partial charge < -0.3 is 4.90 Å². The summed E-state index contributed by atoms with van der Waals surface area (Å²) in [7, 11) is 0. The molecule has 0 N–H and O–H groups in total. The zero-order valence-electron chi connectivity index (χ0n) is 7.47. The summed E-state index contributed by atoms with van der Waals surface area (Å²) in [5, 5.41) is 0. The summed E-state index contributed by atoms with van der Waals surface area (Å²) in [5.74, 6) is 0.726. The Hall–Kier alpha value is -1.45. The average Bonchev–Trinajstić information content (AvgIpc) is 2.17. The van der Waals surface area contributed by atoms with Crippen LogP contribution in [0.2, 0.25) is 0 Å². The van der Waals surface area contributed by atoms with Crippen LogP contribution < -0.4 is 4.90 Å². The lowest BCUT2D eigenvalue weighted by Crippen LogP contribution is -2.46. The first-order valence-electron chi connectivity index (χ1n) is 4.35. The van der Waals surface area contributed by atoms with E-state index < -0.39 is 0 Å². The van der Waals surface area contributed by atoms with Crippen molar-refractivity contribution < 1.29 is 4.79 Å². The minimum Gasteiger partial charge on any atom is -0.338 e. The Morgan fingerprint density at radius 1 is 1.54 bits per heavy atom. The highest BCUT2D eigenvalue weighted by molar-refractivity contribution is 5.73. The molecule has 1 fully saturated rings. The van der Waals surface area contributed by atoms with E-state index in [1.54, 1.807) is 12.4 Å². The van der Waals surface area contributed by atoms with Crippen LogP contribution in [0.15, 0.2) is 12.4 Å². The van der Waals surface area contributed by atoms with Gasteiger partial charge in [-0.3, -0.25) is 4.79 Å². The first-order chi connectivity index (χ1) is 6.31. The average molecular weight is 177 g/mol. The fraction of sp³-hybridized carbons (Fsp3) is 0.444. The molecule has 1 aliphatic rings. The maximum absolute atomic E-state index is 10.3. The minimum atomic E-state index is 0.525. The predicted octanol–water partition coefficient (Wildman–Crippen LogP) is 0.888. The Labute approximate surface area is 76.6 Å². The van der Waals surface area contributed by atoms with Crippen molar-refractivity contribution in [2.75, 3.05) is 11.4 Å². The molecule has 1 saturated heterocycles. The number of anilines is 1. The van der Waals surface area contributed by atoms with Gasteiger partial charge in [0, 0.05) is 25.0 Å². The summed E-state index contributed by atoms with van der Waals surface area (Å²) in [4.78, 5) is 20.7. The highest BCUT2D eigenvalue weighted by Crippen LogP contribution is 2.21. The third-order valence-electron chi connectivity index (χ3n) is 2.37. The number of aldehydes is 1. The molecule has 0 radical (unpaired) electrons. The monoisotopic (exact) mass is 177 g/mol. The van der Waals surface area contributed by atoms with Crippen molar-refractivity contribution in [2.45, 2.75) is 19.4 Å². The number of hydrogen-bond donors (Lipinski definition) is 0. The van der Waals surface area contributed by atoms with E-state index in [0.29, 0.717) is 11.6 Å². The van der Waals surface area contributed by atoms with E-state index in [9.17, 15) is 4.79 Å². The van der Waals surface area contributed by atoms with E-state index in [0.717, 1.165) is 18.8 Å². The van der Waals surface area contributed by atoms with Crippen LogP contribution in [0.3, 0.4) is 0 Å². The van der Waals surface area contributed by atoms with Crippen molar-refractivity contribution in [3.8, 4) is 0 Å². The molecule has 4 nitrogen and oxygen atoms in total. The van der Waals surface area contributed by atoms with Crippen molar-refractivity contribution in [3.63, 3.8) is 0 Å². The molecule has 4 heteroatoms. The molecule has 1 aromatic rings. The van der Waals surface area contributed by atoms with Gasteiger partial charge in [-0.05, 0) is 13.3 Å². The van der Waals surface area contributed by atoms with Crippen molar-refractivity contribution in [3.05, 3.63) is 18.0 Å². The molecule has 1 aromatic heterocycles. The Bertz CT molecular complexity index is 309. The van der Waals surface area contributed by atoms with Gasteiger partial charge in [-0.2, -0.15) is 0 Å². The molecule has 0 aromatic carbocycles. The summed E-state index contributed by atoms with van der Waals surface area (Å²) in [5.41, 5.74) is 0.525. The van der Waals surface area contributed by atoms with Gasteiger partial charge in [0.15, 0.2) is 6.29 Å². The topological polar surface area (TPSA) is 46.1 Å². The van der Waals surface area contributed by atoms with Gasteiger partial charge in [0.1, 0.15) is 0 Å². The molecular formula is C9H11N3O. The molecule has 0 saturated carbocycles. The van der Waals surface area contributed by atoms with E-state index in [1.165, 1.54) is 6.42 Å². The second-order valence-electron chi connectivity index (χ2n) is 3.27. The van der Waals surface area contributed by atoms with Crippen LogP contribution in [0.25, 0.3) is 0 Å². The molecule has 13 heavy (non-hydrogen) atoms. The lowest BCUT2D eigenvalue weighted by Gasteiger charge is -2.38. The largest absolute Gasteiger partial charge is 0.338 e. The zero-order chi connectivity index (χ0) is 9.26. The molecule has 1 aliphatic heterocycles. The molecule has 0 spiro atoms. The van der Waals surface area contributed by atoms with Crippen molar-refractivity contribution in [1.82, 2.24) is 9.97 Å². The van der Waals surface area contributed by atoms with Crippen molar-refractivity contribution >= 4 is 12.2 Å². The van der Waals surface area contributed by atoms with Crippen LogP contribution in [0.5, 0.6) is 0 Å². The number of carbonyl (C=O) groups is 1. The van der Waals surface area contributed by atoms with Crippen molar-refractivity contribution in [1.29, 1.82) is 0 Å². The van der Waals surface area contributed by atoms with E-state index >= 15 is 0 Å². The lowest BCUT2D eigenvalue weighted by molar-refractivity contribution is 0.112. The van der Waals surface area contributed by atoms with Gasteiger partial charge in [-0.25, -0.2) is 9.97 Å². The standard InChI is InChI=1S/C9H11N3O/c1-7-2-3-12(7)9-10-4-8(6-13)5-11-9/h4-7H,2-3H2,1H3. The zero-order valence-corrected chi connectivity index (χ0v) is 7.47. The van der Waals surface area contributed by atoms with Crippen LogP contribution in [0.4, 0.5) is 5.95 Å². The van der Waals surface area contributed by atoms with Crippen LogP contribution in [0.1, 0.15) is 23.7 Å². The second-order valence-corrected chi connectivity index (χ2v) is 3.27. The molecule has 68 valence electrons. The third-order valence-corrected chi connectivity index (χ3v) is 2.37. The third kappa shape index (κ3) is 1.39. The normalized spacial score (nSPS) is 21.0. The molecule has 0 aliphatic carbocycles. The molecule has 1 unspecified atom stereocenters. The highest BCUT2D eigenvalue weighted by atomic mass is 16.1. The summed E-state index contributed by atoms with van der Waals surface area (Å²) >= 11 is 0. The van der Waals surface area contributed by atoms with Crippen LogP contribution >= 0.6 is 0 Å². The Morgan fingerprint density at radius 2 is 2.23 bits per heavy atom. The van der Waals surface area contributed by atoms with Gasteiger partial charge in [0.05, 0.1) is 5.56 Å².